The Labute approximate surface area is 91.5 Å². The summed E-state index contributed by atoms with van der Waals surface area (Å²) in [5, 5.41) is 3.48. The van der Waals surface area contributed by atoms with E-state index in [9.17, 15) is 4.79 Å². The number of nitrogens with zero attached hydrogens (tertiary/aromatic N) is 1. The number of halogens is 1. The highest BCUT2D eigenvalue weighted by molar-refractivity contribution is 7.15. The third-order valence-corrected chi connectivity index (χ3v) is 3.43. The summed E-state index contributed by atoms with van der Waals surface area (Å²) in [6.07, 6.45) is 3.71. The second-order valence-corrected chi connectivity index (χ2v) is 4.69. The molecule has 14 heavy (non-hydrogen) atoms. The number of amides is 1. The summed E-state index contributed by atoms with van der Waals surface area (Å²) >= 11 is 7.05. The van der Waals surface area contributed by atoms with Crippen molar-refractivity contribution in [1.82, 2.24) is 4.98 Å². The zero-order valence-electron chi connectivity index (χ0n) is 7.68. The minimum Gasteiger partial charge on any atom is -0.302 e. The molecule has 1 aliphatic carbocycles. The summed E-state index contributed by atoms with van der Waals surface area (Å²) in [6, 6.07) is 0. The van der Waals surface area contributed by atoms with Crippen molar-refractivity contribution in [3.05, 3.63) is 10.6 Å². The van der Waals surface area contributed by atoms with Crippen molar-refractivity contribution in [2.75, 3.05) is 11.2 Å². The molecule has 0 aromatic carbocycles. The molecule has 0 radical (unpaired) electrons. The highest BCUT2D eigenvalue weighted by atomic mass is 35.5. The lowest BCUT2D eigenvalue weighted by molar-refractivity contribution is -0.115. The van der Waals surface area contributed by atoms with Gasteiger partial charge in [-0.1, -0.05) is 0 Å². The van der Waals surface area contributed by atoms with Crippen LogP contribution in [0.15, 0.2) is 0 Å². The number of nitrogens with one attached hydrogen (secondary N) is 1. The fourth-order valence-electron chi connectivity index (χ4n) is 1.51. The van der Waals surface area contributed by atoms with Gasteiger partial charge in [0, 0.05) is 17.2 Å². The predicted molar refractivity (Wildman–Crippen MR) is 58.1 cm³/mol. The highest BCUT2D eigenvalue weighted by Gasteiger charge is 2.17. The van der Waals surface area contributed by atoms with E-state index in [1.807, 2.05) is 0 Å². The SMILES string of the molecule is O=C(CCCl)Nc1nc2c(s1)CCC2. The molecule has 0 fully saturated rings. The van der Waals surface area contributed by atoms with Crippen molar-refractivity contribution >= 4 is 34.0 Å². The molecule has 1 aromatic heterocycles. The van der Waals surface area contributed by atoms with E-state index >= 15 is 0 Å². The Kier molecular flexibility index (Phi) is 3.03. The fourth-order valence-corrected chi connectivity index (χ4v) is 2.75. The molecule has 0 saturated heterocycles. The number of fused-ring (bicyclic) bond motifs is 1. The van der Waals surface area contributed by atoms with Crippen LogP contribution in [0.1, 0.15) is 23.4 Å². The molecule has 76 valence electrons. The summed E-state index contributed by atoms with van der Waals surface area (Å²) in [6.45, 7) is 0. The number of thiazole rings is 1. The number of carbonyl (C=O) groups is 1. The third kappa shape index (κ3) is 2.07. The monoisotopic (exact) mass is 230 g/mol. The molecule has 1 heterocycles. The van der Waals surface area contributed by atoms with Crippen molar-refractivity contribution in [1.29, 1.82) is 0 Å². The maximum Gasteiger partial charge on any atom is 0.227 e. The van der Waals surface area contributed by atoms with Gasteiger partial charge in [-0.05, 0) is 19.3 Å². The third-order valence-electron chi connectivity index (χ3n) is 2.16. The second kappa shape index (κ2) is 4.28. The molecule has 3 nitrogen and oxygen atoms in total. The Hall–Kier alpha value is -0.610. The van der Waals surface area contributed by atoms with Gasteiger partial charge in [-0.25, -0.2) is 4.98 Å². The molecule has 1 aliphatic rings. The average Bonchev–Trinajstić information content (AvgIpc) is 2.63. The Bertz CT molecular complexity index is 329. The van der Waals surface area contributed by atoms with Gasteiger partial charge < -0.3 is 5.32 Å². The zero-order chi connectivity index (χ0) is 9.97. The maximum absolute atomic E-state index is 11.2. The van der Waals surface area contributed by atoms with Gasteiger partial charge in [0.25, 0.3) is 0 Å². The molecule has 2 rings (SSSR count). The van der Waals surface area contributed by atoms with Crippen LogP contribution in [0.2, 0.25) is 0 Å². The molecule has 1 N–H and O–H groups in total. The van der Waals surface area contributed by atoms with Crippen LogP contribution >= 0.6 is 22.9 Å². The molecule has 0 unspecified atom stereocenters. The Morgan fingerprint density at radius 3 is 3.14 bits per heavy atom. The van der Waals surface area contributed by atoms with Gasteiger partial charge >= 0.3 is 0 Å². The van der Waals surface area contributed by atoms with E-state index in [1.54, 1.807) is 11.3 Å². The van der Waals surface area contributed by atoms with Crippen LogP contribution in [0.5, 0.6) is 0 Å². The summed E-state index contributed by atoms with van der Waals surface area (Å²) in [7, 11) is 0. The van der Waals surface area contributed by atoms with E-state index in [2.05, 4.69) is 10.3 Å². The van der Waals surface area contributed by atoms with E-state index in [-0.39, 0.29) is 5.91 Å². The number of aryl methyl sites for hydroxylation is 2. The topological polar surface area (TPSA) is 42.0 Å². The van der Waals surface area contributed by atoms with Crippen LogP contribution in [0.3, 0.4) is 0 Å². The van der Waals surface area contributed by atoms with Crippen molar-refractivity contribution in [2.24, 2.45) is 0 Å². The van der Waals surface area contributed by atoms with Crippen LogP contribution in [0, 0.1) is 0 Å². The number of alkyl halides is 1. The van der Waals surface area contributed by atoms with E-state index in [4.69, 9.17) is 11.6 Å². The standard InChI is InChI=1S/C9H11ClN2OS/c10-5-4-8(13)12-9-11-6-2-1-3-7(6)14-9/h1-5H2,(H,11,12,13). The molecular formula is C9H11ClN2OS. The van der Waals surface area contributed by atoms with Crippen molar-refractivity contribution < 1.29 is 4.79 Å². The van der Waals surface area contributed by atoms with E-state index in [0.29, 0.717) is 12.3 Å². The fraction of sp³-hybridized carbons (Fsp3) is 0.556. The van der Waals surface area contributed by atoms with Crippen LogP contribution in [0.4, 0.5) is 5.13 Å². The normalized spacial score (nSPS) is 14.1. The summed E-state index contributed by atoms with van der Waals surface area (Å²) < 4.78 is 0. The van der Waals surface area contributed by atoms with E-state index in [1.165, 1.54) is 11.3 Å². The van der Waals surface area contributed by atoms with Crippen LogP contribution in [-0.2, 0) is 17.6 Å². The first-order valence-electron chi connectivity index (χ1n) is 4.64. The van der Waals surface area contributed by atoms with Crippen LogP contribution < -0.4 is 5.32 Å². The molecule has 5 heteroatoms. The number of carbonyl (C=O) groups excluding carboxylic acids is 1. The summed E-state index contributed by atoms with van der Waals surface area (Å²) in [5.74, 6) is 0.309. The highest BCUT2D eigenvalue weighted by Crippen LogP contribution is 2.30. The lowest BCUT2D eigenvalue weighted by atomic mass is 10.4. The Balaban J connectivity index is 2.00. The number of anilines is 1. The molecule has 0 spiro atoms. The van der Waals surface area contributed by atoms with Gasteiger partial charge in [0.2, 0.25) is 5.91 Å². The lowest BCUT2D eigenvalue weighted by Gasteiger charge is -1.97. The number of hydrogen-bond donors (Lipinski definition) is 1. The van der Waals surface area contributed by atoms with E-state index in [0.717, 1.165) is 23.7 Å². The number of rotatable bonds is 3. The van der Waals surface area contributed by atoms with Crippen LogP contribution in [-0.4, -0.2) is 16.8 Å². The smallest absolute Gasteiger partial charge is 0.227 e. The van der Waals surface area contributed by atoms with Crippen LogP contribution in [0.25, 0.3) is 0 Å². The molecule has 0 bridgehead atoms. The largest absolute Gasteiger partial charge is 0.302 e. The molecule has 1 aromatic rings. The second-order valence-electron chi connectivity index (χ2n) is 3.23. The summed E-state index contributed by atoms with van der Waals surface area (Å²) in [4.78, 5) is 16.9. The average molecular weight is 231 g/mol. The predicted octanol–water partition coefficient (Wildman–Crippen LogP) is 2.20. The van der Waals surface area contributed by atoms with E-state index < -0.39 is 0 Å². The van der Waals surface area contributed by atoms with Crippen molar-refractivity contribution in [3.63, 3.8) is 0 Å². The minimum atomic E-state index is -0.0487. The van der Waals surface area contributed by atoms with Gasteiger partial charge in [-0.15, -0.1) is 22.9 Å². The first-order valence-corrected chi connectivity index (χ1v) is 5.99. The summed E-state index contributed by atoms with van der Waals surface area (Å²) in [5.41, 5.74) is 1.16. The van der Waals surface area contributed by atoms with Gasteiger partial charge in [-0.2, -0.15) is 0 Å². The number of hydrogen-bond acceptors (Lipinski definition) is 3. The molecule has 0 atom stereocenters. The molecular weight excluding hydrogens is 220 g/mol. The Morgan fingerprint density at radius 1 is 1.57 bits per heavy atom. The van der Waals surface area contributed by atoms with Crippen molar-refractivity contribution in [3.8, 4) is 0 Å². The molecule has 0 saturated carbocycles. The lowest BCUT2D eigenvalue weighted by Crippen LogP contribution is -2.11. The van der Waals surface area contributed by atoms with Gasteiger partial charge in [0.1, 0.15) is 0 Å². The van der Waals surface area contributed by atoms with Gasteiger partial charge in [0.15, 0.2) is 5.13 Å². The first-order chi connectivity index (χ1) is 6.79. The van der Waals surface area contributed by atoms with Crippen molar-refractivity contribution in [2.45, 2.75) is 25.7 Å². The molecule has 0 aliphatic heterocycles. The quantitative estimate of drug-likeness (QED) is 0.809. The molecule has 1 amide bonds. The van der Waals surface area contributed by atoms with Gasteiger partial charge in [-0.3, -0.25) is 4.79 Å². The van der Waals surface area contributed by atoms with Gasteiger partial charge in [0.05, 0.1) is 5.69 Å². The first kappa shape index (κ1) is 9.93. The number of aromatic nitrogens is 1. The zero-order valence-corrected chi connectivity index (χ0v) is 9.25. The minimum absolute atomic E-state index is 0.0487. The maximum atomic E-state index is 11.2. The Morgan fingerprint density at radius 2 is 2.43 bits per heavy atom.